The van der Waals surface area contributed by atoms with Crippen molar-refractivity contribution in [2.45, 2.75) is 27.4 Å². The summed E-state index contributed by atoms with van der Waals surface area (Å²) >= 11 is 0. The van der Waals surface area contributed by atoms with Gasteiger partial charge in [-0.15, -0.1) is 0 Å². The summed E-state index contributed by atoms with van der Waals surface area (Å²) < 4.78 is 25.1. The average Bonchev–Trinajstić information content (AvgIpc) is 2.66. The number of benzene rings is 2. The molecule has 28 heavy (non-hydrogen) atoms. The van der Waals surface area contributed by atoms with E-state index in [1.54, 1.807) is 43.3 Å². The van der Waals surface area contributed by atoms with Crippen molar-refractivity contribution in [1.29, 1.82) is 0 Å². The highest BCUT2D eigenvalue weighted by atomic mass is 19.1. The van der Waals surface area contributed by atoms with Gasteiger partial charge in [0.25, 0.3) is 0 Å². The second-order valence-electron chi connectivity index (χ2n) is 6.81. The van der Waals surface area contributed by atoms with Crippen LogP contribution in [0.1, 0.15) is 31.9 Å². The number of carboxylic acids is 1. The van der Waals surface area contributed by atoms with E-state index >= 15 is 0 Å². The van der Waals surface area contributed by atoms with Crippen LogP contribution in [0.2, 0.25) is 0 Å². The summed E-state index contributed by atoms with van der Waals surface area (Å²) in [5.74, 6) is -0.740. The minimum atomic E-state index is -1.10. The zero-order valence-electron chi connectivity index (χ0n) is 16.6. The number of nitrogens with one attached hydrogen (secondary N) is 1. The molecule has 0 spiro atoms. The van der Waals surface area contributed by atoms with E-state index in [1.165, 1.54) is 13.2 Å². The van der Waals surface area contributed by atoms with Crippen molar-refractivity contribution in [3.63, 3.8) is 0 Å². The van der Waals surface area contributed by atoms with Crippen molar-refractivity contribution in [2.24, 2.45) is 5.92 Å². The maximum atomic E-state index is 14.4. The standard InChI is InChI=1S/C22H26FNO4/c1-14(2)12-24-17-9-10-20(19(23)11-17)28-13-16-7-5-6-8-18(16)21(22(25)26)15(3)27-4/h5-11,14,24H,12-13H2,1-4H3,(H,25,26). The van der Waals surface area contributed by atoms with Crippen LogP contribution in [0.3, 0.4) is 0 Å². The number of methoxy groups -OCH3 is 1. The van der Waals surface area contributed by atoms with E-state index < -0.39 is 11.8 Å². The van der Waals surface area contributed by atoms with Crippen LogP contribution in [-0.2, 0) is 16.1 Å². The highest BCUT2D eigenvalue weighted by Gasteiger charge is 2.19. The minimum absolute atomic E-state index is 0.0274. The minimum Gasteiger partial charge on any atom is -0.500 e. The number of anilines is 1. The highest BCUT2D eigenvalue weighted by molar-refractivity contribution is 6.16. The molecule has 0 saturated heterocycles. The summed E-state index contributed by atoms with van der Waals surface area (Å²) in [6.07, 6.45) is 0. The summed E-state index contributed by atoms with van der Waals surface area (Å²) in [5.41, 5.74) is 1.84. The molecule has 2 aromatic carbocycles. The predicted octanol–water partition coefficient (Wildman–Crippen LogP) is 4.93. The maximum absolute atomic E-state index is 14.4. The van der Waals surface area contributed by atoms with Crippen LogP contribution in [0.4, 0.5) is 10.1 Å². The molecular formula is C22H26FNO4. The van der Waals surface area contributed by atoms with Crippen molar-refractivity contribution < 1.29 is 23.8 Å². The number of ether oxygens (including phenoxy) is 2. The molecule has 0 unspecified atom stereocenters. The number of aliphatic carboxylic acids is 1. The van der Waals surface area contributed by atoms with Crippen LogP contribution < -0.4 is 10.1 Å². The van der Waals surface area contributed by atoms with Crippen molar-refractivity contribution in [3.05, 3.63) is 65.2 Å². The molecule has 2 aromatic rings. The molecule has 0 heterocycles. The number of carbonyl (C=O) groups is 1. The molecule has 0 fully saturated rings. The van der Waals surface area contributed by atoms with Crippen molar-refractivity contribution in [3.8, 4) is 5.75 Å². The van der Waals surface area contributed by atoms with Crippen LogP contribution >= 0.6 is 0 Å². The Morgan fingerprint density at radius 2 is 1.93 bits per heavy atom. The fraction of sp³-hybridized carbons (Fsp3) is 0.318. The van der Waals surface area contributed by atoms with E-state index in [0.29, 0.717) is 22.7 Å². The molecule has 6 heteroatoms. The predicted molar refractivity (Wildman–Crippen MR) is 108 cm³/mol. The van der Waals surface area contributed by atoms with Crippen molar-refractivity contribution in [1.82, 2.24) is 0 Å². The first-order valence-electron chi connectivity index (χ1n) is 9.06. The first-order valence-corrected chi connectivity index (χ1v) is 9.06. The zero-order valence-corrected chi connectivity index (χ0v) is 16.6. The van der Waals surface area contributed by atoms with E-state index in [2.05, 4.69) is 19.2 Å². The topological polar surface area (TPSA) is 67.8 Å². The van der Waals surface area contributed by atoms with Gasteiger partial charge in [0.1, 0.15) is 17.9 Å². The summed E-state index contributed by atoms with van der Waals surface area (Å²) in [6, 6.07) is 11.7. The van der Waals surface area contributed by atoms with Crippen LogP contribution in [0.25, 0.3) is 5.57 Å². The van der Waals surface area contributed by atoms with Crippen LogP contribution in [-0.4, -0.2) is 24.7 Å². The third-order valence-electron chi connectivity index (χ3n) is 4.19. The molecule has 150 valence electrons. The smallest absolute Gasteiger partial charge is 0.339 e. The van der Waals surface area contributed by atoms with Crippen LogP contribution in [0.5, 0.6) is 5.75 Å². The third-order valence-corrected chi connectivity index (χ3v) is 4.19. The average molecular weight is 387 g/mol. The van der Waals surface area contributed by atoms with Gasteiger partial charge < -0.3 is 19.9 Å². The van der Waals surface area contributed by atoms with Crippen molar-refractivity contribution in [2.75, 3.05) is 19.0 Å². The number of halogens is 1. The molecule has 2 rings (SSSR count). The normalized spacial score (nSPS) is 11.8. The van der Waals surface area contributed by atoms with E-state index in [1.807, 2.05) is 0 Å². The van der Waals surface area contributed by atoms with Gasteiger partial charge in [-0.2, -0.15) is 0 Å². The summed E-state index contributed by atoms with van der Waals surface area (Å²) in [4.78, 5) is 11.7. The molecule has 0 aromatic heterocycles. The molecule has 5 nitrogen and oxygen atoms in total. The fourth-order valence-corrected chi connectivity index (χ4v) is 2.65. The fourth-order valence-electron chi connectivity index (χ4n) is 2.65. The lowest BCUT2D eigenvalue weighted by molar-refractivity contribution is -0.130. The Balaban J connectivity index is 2.21. The lowest BCUT2D eigenvalue weighted by Gasteiger charge is -2.15. The third kappa shape index (κ3) is 5.49. The van der Waals surface area contributed by atoms with Gasteiger partial charge in [-0.1, -0.05) is 38.1 Å². The second-order valence-corrected chi connectivity index (χ2v) is 6.81. The van der Waals surface area contributed by atoms with Gasteiger partial charge >= 0.3 is 5.97 Å². The number of carboxylic acid groups (broad SMARTS) is 1. The van der Waals surface area contributed by atoms with Crippen LogP contribution in [0.15, 0.2) is 48.2 Å². The van der Waals surface area contributed by atoms with Gasteiger partial charge in [0, 0.05) is 18.3 Å². The Labute approximate surface area is 164 Å². The summed E-state index contributed by atoms with van der Waals surface area (Å²) in [7, 11) is 1.42. The zero-order chi connectivity index (χ0) is 20.7. The Morgan fingerprint density at radius 3 is 2.54 bits per heavy atom. The van der Waals surface area contributed by atoms with Gasteiger partial charge in [-0.05, 0) is 36.1 Å². The van der Waals surface area contributed by atoms with Gasteiger partial charge in [0.05, 0.1) is 7.11 Å². The molecule has 0 radical (unpaired) electrons. The molecule has 0 bridgehead atoms. The molecule has 0 aliphatic rings. The first-order chi connectivity index (χ1) is 13.3. The molecule has 0 aliphatic carbocycles. The Kier molecular flexibility index (Phi) is 7.44. The first kappa shape index (κ1) is 21.3. The largest absolute Gasteiger partial charge is 0.500 e. The van der Waals surface area contributed by atoms with E-state index in [9.17, 15) is 14.3 Å². The lowest BCUT2D eigenvalue weighted by Crippen LogP contribution is -2.09. The van der Waals surface area contributed by atoms with Crippen LogP contribution in [0, 0.1) is 11.7 Å². The molecular weight excluding hydrogens is 361 g/mol. The molecule has 0 saturated carbocycles. The van der Waals surface area contributed by atoms with E-state index in [4.69, 9.17) is 9.47 Å². The monoisotopic (exact) mass is 387 g/mol. The van der Waals surface area contributed by atoms with Crippen molar-refractivity contribution >= 4 is 17.2 Å². The molecule has 2 N–H and O–H groups in total. The SMILES string of the molecule is COC(C)=C(C(=O)O)c1ccccc1COc1ccc(NCC(C)C)cc1F. The molecule has 0 aliphatic heterocycles. The number of rotatable bonds is 9. The van der Waals surface area contributed by atoms with E-state index in [-0.39, 0.29) is 23.7 Å². The van der Waals surface area contributed by atoms with Gasteiger partial charge in [0.15, 0.2) is 11.6 Å². The maximum Gasteiger partial charge on any atom is 0.339 e. The Hall–Kier alpha value is -3.02. The number of hydrogen-bond acceptors (Lipinski definition) is 4. The summed E-state index contributed by atoms with van der Waals surface area (Å²) in [5, 5.41) is 12.7. The van der Waals surface area contributed by atoms with Gasteiger partial charge in [-0.3, -0.25) is 0 Å². The van der Waals surface area contributed by atoms with Gasteiger partial charge in [-0.25, -0.2) is 9.18 Å². The highest BCUT2D eigenvalue weighted by Crippen LogP contribution is 2.26. The Bertz CT molecular complexity index is 861. The second kappa shape index (κ2) is 9.78. The Morgan fingerprint density at radius 1 is 1.21 bits per heavy atom. The molecule has 0 amide bonds. The van der Waals surface area contributed by atoms with Gasteiger partial charge in [0.2, 0.25) is 0 Å². The lowest BCUT2D eigenvalue weighted by atomic mass is 9.99. The quantitative estimate of drug-likeness (QED) is 0.471. The number of allylic oxidation sites excluding steroid dienone is 1. The number of hydrogen-bond donors (Lipinski definition) is 2. The van der Waals surface area contributed by atoms with E-state index in [0.717, 1.165) is 6.54 Å². The summed E-state index contributed by atoms with van der Waals surface area (Å²) in [6.45, 7) is 6.51. The molecule has 0 atom stereocenters.